The van der Waals surface area contributed by atoms with Gasteiger partial charge in [0, 0.05) is 11.1 Å². The fraction of sp³-hybridized carbons (Fsp3) is 0.417. The number of aldehydes is 1. The summed E-state index contributed by atoms with van der Waals surface area (Å²) < 4.78 is 0. The number of aliphatic hydroxyl groups is 2. The van der Waals surface area contributed by atoms with E-state index < -0.39 is 11.8 Å². The van der Waals surface area contributed by atoms with Crippen LogP contribution in [-0.2, 0) is 5.72 Å². The highest BCUT2D eigenvalue weighted by Gasteiger charge is 2.43. The molecule has 0 heterocycles. The number of hydrogen-bond acceptors (Lipinski definition) is 4. The molecule has 17 heavy (non-hydrogen) atoms. The molecule has 5 heteroatoms. The van der Waals surface area contributed by atoms with E-state index in [2.05, 4.69) is 0 Å². The highest BCUT2D eigenvalue weighted by atomic mass is 35.5. The Kier molecular flexibility index (Phi) is 4.27. The molecule has 1 aliphatic carbocycles. The summed E-state index contributed by atoms with van der Waals surface area (Å²) in [4.78, 5) is 10.5. The SMILES string of the molecule is Cl.N[C@](O)(c1ccc(C=O)cc1)[C@@H](O)C1CC1. The first kappa shape index (κ1) is 14.1. The molecule has 4 nitrogen and oxygen atoms in total. The Labute approximate surface area is 106 Å². The molecule has 1 aromatic carbocycles. The predicted octanol–water partition coefficient (Wildman–Crippen LogP) is 0.796. The lowest BCUT2D eigenvalue weighted by atomic mass is 9.94. The van der Waals surface area contributed by atoms with Gasteiger partial charge in [-0.1, -0.05) is 24.3 Å². The molecule has 4 N–H and O–H groups in total. The minimum absolute atomic E-state index is 0. The molecular weight excluding hydrogens is 242 g/mol. The lowest BCUT2D eigenvalue weighted by molar-refractivity contribution is -0.0863. The van der Waals surface area contributed by atoms with Crippen molar-refractivity contribution in [3.63, 3.8) is 0 Å². The molecule has 1 saturated carbocycles. The van der Waals surface area contributed by atoms with E-state index in [4.69, 9.17) is 5.73 Å². The maximum atomic E-state index is 10.5. The number of nitrogens with two attached hydrogens (primary N) is 1. The molecule has 0 unspecified atom stereocenters. The average molecular weight is 258 g/mol. The zero-order valence-corrected chi connectivity index (χ0v) is 10.1. The summed E-state index contributed by atoms with van der Waals surface area (Å²) in [5, 5.41) is 19.9. The van der Waals surface area contributed by atoms with Crippen molar-refractivity contribution in [3.05, 3.63) is 35.4 Å². The van der Waals surface area contributed by atoms with E-state index >= 15 is 0 Å². The van der Waals surface area contributed by atoms with Crippen molar-refractivity contribution in [1.29, 1.82) is 0 Å². The zero-order valence-electron chi connectivity index (χ0n) is 9.24. The van der Waals surface area contributed by atoms with Crippen LogP contribution in [0.3, 0.4) is 0 Å². The average Bonchev–Trinajstić information content (AvgIpc) is 3.12. The van der Waals surface area contributed by atoms with E-state index in [1.54, 1.807) is 24.3 Å². The third-order valence-electron chi connectivity index (χ3n) is 3.03. The monoisotopic (exact) mass is 257 g/mol. The molecule has 1 aromatic rings. The standard InChI is InChI=1S/C12H15NO3.ClH/c13-12(16,11(15)9-3-4-9)10-5-1-8(7-14)2-6-10;/h1-2,5-7,9,11,15-16H,3-4,13H2;1H/t11-,12-;/m0./s1. The molecular formula is C12H16ClNO3. The minimum atomic E-state index is -1.73. The van der Waals surface area contributed by atoms with Gasteiger partial charge in [0.05, 0.1) is 0 Å². The van der Waals surface area contributed by atoms with E-state index in [0.717, 1.165) is 19.1 Å². The van der Waals surface area contributed by atoms with Crippen LogP contribution in [0.5, 0.6) is 0 Å². The van der Waals surface area contributed by atoms with Crippen molar-refractivity contribution in [2.75, 3.05) is 0 Å². The highest BCUT2D eigenvalue weighted by molar-refractivity contribution is 5.85. The van der Waals surface area contributed by atoms with E-state index in [0.29, 0.717) is 11.1 Å². The highest BCUT2D eigenvalue weighted by Crippen LogP contribution is 2.38. The first-order chi connectivity index (χ1) is 7.55. The first-order valence-corrected chi connectivity index (χ1v) is 5.30. The second kappa shape index (κ2) is 5.14. The normalized spacial score (nSPS) is 19.9. The van der Waals surface area contributed by atoms with Crippen LogP contribution in [0.2, 0.25) is 0 Å². The van der Waals surface area contributed by atoms with Gasteiger partial charge in [-0.2, -0.15) is 0 Å². The molecule has 0 amide bonds. The first-order valence-electron chi connectivity index (χ1n) is 5.30. The Balaban J connectivity index is 0.00000144. The zero-order chi connectivity index (χ0) is 11.8. The smallest absolute Gasteiger partial charge is 0.166 e. The number of benzene rings is 1. The Morgan fingerprint density at radius 2 is 1.88 bits per heavy atom. The van der Waals surface area contributed by atoms with Gasteiger partial charge in [0.1, 0.15) is 12.4 Å². The molecule has 2 rings (SSSR count). The van der Waals surface area contributed by atoms with Crippen LogP contribution in [0.1, 0.15) is 28.8 Å². The van der Waals surface area contributed by atoms with Crippen molar-refractivity contribution in [2.45, 2.75) is 24.7 Å². The molecule has 0 saturated heterocycles. The number of carbonyl (C=O) groups is 1. The largest absolute Gasteiger partial charge is 0.388 e. The fourth-order valence-corrected chi connectivity index (χ4v) is 1.77. The van der Waals surface area contributed by atoms with Gasteiger partial charge in [0.2, 0.25) is 0 Å². The lowest BCUT2D eigenvalue weighted by Crippen LogP contribution is -2.48. The van der Waals surface area contributed by atoms with Gasteiger partial charge in [-0.3, -0.25) is 10.5 Å². The Morgan fingerprint density at radius 1 is 1.35 bits per heavy atom. The summed E-state index contributed by atoms with van der Waals surface area (Å²) >= 11 is 0. The quantitative estimate of drug-likeness (QED) is 0.550. The Hall–Kier alpha value is -0.940. The summed E-state index contributed by atoms with van der Waals surface area (Å²) in [6.45, 7) is 0. The van der Waals surface area contributed by atoms with Crippen LogP contribution in [0, 0.1) is 5.92 Å². The topological polar surface area (TPSA) is 83.5 Å². The van der Waals surface area contributed by atoms with Crippen molar-refractivity contribution in [1.82, 2.24) is 0 Å². The van der Waals surface area contributed by atoms with E-state index in [-0.39, 0.29) is 18.3 Å². The molecule has 0 radical (unpaired) electrons. The molecule has 2 atom stereocenters. The molecule has 0 bridgehead atoms. The van der Waals surface area contributed by atoms with Crippen LogP contribution < -0.4 is 5.73 Å². The van der Waals surface area contributed by atoms with Crippen molar-refractivity contribution < 1.29 is 15.0 Å². The number of rotatable bonds is 4. The van der Waals surface area contributed by atoms with Crippen molar-refractivity contribution in [2.24, 2.45) is 11.7 Å². The van der Waals surface area contributed by atoms with Gasteiger partial charge in [0.25, 0.3) is 0 Å². The summed E-state index contributed by atoms with van der Waals surface area (Å²) in [5.41, 5.74) is 4.94. The Bertz CT molecular complexity index is 387. The third-order valence-corrected chi connectivity index (χ3v) is 3.03. The number of halogens is 1. The van der Waals surface area contributed by atoms with Gasteiger partial charge in [-0.05, 0) is 18.8 Å². The van der Waals surface area contributed by atoms with Gasteiger partial charge in [-0.25, -0.2) is 0 Å². The van der Waals surface area contributed by atoms with Gasteiger partial charge >= 0.3 is 0 Å². The molecule has 0 aliphatic heterocycles. The van der Waals surface area contributed by atoms with Crippen LogP contribution >= 0.6 is 12.4 Å². The summed E-state index contributed by atoms with van der Waals surface area (Å²) in [6, 6.07) is 6.27. The van der Waals surface area contributed by atoms with Crippen molar-refractivity contribution >= 4 is 18.7 Å². The van der Waals surface area contributed by atoms with Crippen molar-refractivity contribution in [3.8, 4) is 0 Å². The molecule has 0 aromatic heterocycles. The summed E-state index contributed by atoms with van der Waals surface area (Å²) in [7, 11) is 0. The second-order valence-corrected chi connectivity index (χ2v) is 4.35. The molecule has 94 valence electrons. The van der Waals surface area contributed by atoms with E-state index in [9.17, 15) is 15.0 Å². The van der Waals surface area contributed by atoms with Crippen LogP contribution in [0.25, 0.3) is 0 Å². The molecule has 1 aliphatic rings. The van der Waals surface area contributed by atoms with Crippen LogP contribution in [0.15, 0.2) is 24.3 Å². The second-order valence-electron chi connectivity index (χ2n) is 4.35. The number of hydrogen-bond donors (Lipinski definition) is 3. The number of carbonyl (C=O) groups excluding carboxylic acids is 1. The molecule has 0 spiro atoms. The summed E-state index contributed by atoms with van der Waals surface area (Å²) in [5.74, 6) is 0.0840. The number of aliphatic hydroxyl groups excluding tert-OH is 1. The lowest BCUT2D eigenvalue weighted by Gasteiger charge is -2.29. The van der Waals surface area contributed by atoms with E-state index in [1.165, 1.54) is 0 Å². The van der Waals surface area contributed by atoms with E-state index in [1.807, 2.05) is 0 Å². The minimum Gasteiger partial charge on any atom is -0.388 e. The van der Waals surface area contributed by atoms with Crippen LogP contribution in [-0.4, -0.2) is 22.6 Å². The third kappa shape index (κ3) is 2.84. The van der Waals surface area contributed by atoms with Gasteiger partial charge in [-0.15, -0.1) is 12.4 Å². The maximum absolute atomic E-state index is 10.5. The van der Waals surface area contributed by atoms with Gasteiger partial charge in [0.15, 0.2) is 5.72 Å². The predicted molar refractivity (Wildman–Crippen MR) is 65.9 cm³/mol. The Morgan fingerprint density at radius 3 is 2.29 bits per heavy atom. The fourth-order valence-electron chi connectivity index (χ4n) is 1.77. The molecule has 1 fully saturated rings. The maximum Gasteiger partial charge on any atom is 0.166 e. The van der Waals surface area contributed by atoms with Crippen LogP contribution in [0.4, 0.5) is 0 Å². The van der Waals surface area contributed by atoms with Gasteiger partial charge < -0.3 is 10.2 Å². The summed E-state index contributed by atoms with van der Waals surface area (Å²) in [6.07, 6.45) is 1.56.